The highest BCUT2D eigenvalue weighted by Gasteiger charge is 2.11. The van der Waals surface area contributed by atoms with E-state index in [-0.39, 0.29) is 6.04 Å². The Morgan fingerprint density at radius 2 is 1.67 bits per heavy atom. The van der Waals surface area contributed by atoms with Crippen molar-refractivity contribution in [1.82, 2.24) is 0 Å². The van der Waals surface area contributed by atoms with Crippen LogP contribution in [0.4, 0.5) is 5.69 Å². The van der Waals surface area contributed by atoms with Crippen molar-refractivity contribution in [2.75, 3.05) is 5.32 Å². The zero-order valence-corrected chi connectivity index (χ0v) is 12.6. The maximum absolute atomic E-state index is 9.26. The molecule has 0 aliphatic rings. The first-order chi connectivity index (χ1) is 8.70. The molecule has 0 spiro atoms. The molecule has 0 saturated heterocycles. The number of hydrogen-bond donors (Lipinski definition) is 1. The second-order valence-electron chi connectivity index (χ2n) is 3.74. The predicted molar refractivity (Wildman–Crippen MR) is 80.3 cm³/mol. The minimum absolute atomic E-state index is 0.364. The highest BCUT2D eigenvalue weighted by Crippen LogP contribution is 2.26. The number of benzene rings is 2. The largest absolute Gasteiger partial charge is 0.365 e. The average molecular weight is 366 g/mol. The van der Waals surface area contributed by atoms with E-state index in [2.05, 4.69) is 43.2 Å². The lowest BCUT2D eigenvalue weighted by molar-refractivity contribution is 0.995. The van der Waals surface area contributed by atoms with Gasteiger partial charge in [0.2, 0.25) is 0 Å². The van der Waals surface area contributed by atoms with Crippen LogP contribution < -0.4 is 5.32 Å². The summed E-state index contributed by atoms with van der Waals surface area (Å²) in [6.45, 7) is 0. The van der Waals surface area contributed by atoms with Gasteiger partial charge in [-0.3, -0.25) is 0 Å². The molecule has 0 aliphatic carbocycles. The van der Waals surface area contributed by atoms with E-state index < -0.39 is 0 Å². The van der Waals surface area contributed by atoms with Crippen LogP contribution in [0.3, 0.4) is 0 Å². The van der Waals surface area contributed by atoms with Crippen molar-refractivity contribution in [3.8, 4) is 6.07 Å². The number of nitrogens with one attached hydrogen (secondary N) is 1. The highest BCUT2D eigenvalue weighted by atomic mass is 79.9. The number of para-hydroxylation sites is 1. The third kappa shape index (κ3) is 3.12. The summed E-state index contributed by atoms with van der Waals surface area (Å²) in [4.78, 5) is 0. The summed E-state index contributed by atoms with van der Waals surface area (Å²) in [7, 11) is 0. The zero-order valence-electron chi connectivity index (χ0n) is 9.40. The van der Waals surface area contributed by atoms with E-state index in [1.807, 2.05) is 48.5 Å². The molecule has 0 bridgehead atoms. The number of nitrogens with zero attached hydrogens (tertiary/aromatic N) is 1. The summed E-state index contributed by atoms with van der Waals surface area (Å²) >= 11 is 6.84. The normalized spacial score (nSPS) is 11.6. The highest BCUT2D eigenvalue weighted by molar-refractivity contribution is 9.10. The topological polar surface area (TPSA) is 35.8 Å². The lowest BCUT2D eigenvalue weighted by Crippen LogP contribution is -2.08. The van der Waals surface area contributed by atoms with Gasteiger partial charge in [0.25, 0.3) is 0 Å². The number of rotatable bonds is 3. The third-order valence-corrected chi connectivity index (χ3v) is 3.73. The van der Waals surface area contributed by atoms with Crippen LogP contribution in [-0.2, 0) is 0 Å². The molecule has 18 heavy (non-hydrogen) atoms. The van der Waals surface area contributed by atoms with Crippen molar-refractivity contribution in [2.45, 2.75) is 6.04 Å². The maximum Gasteiger partial charge on any atom is 0.140 e. The van der Waals surface area contributed by atoms with Gasteiger partial charge >= 0.3 is 0 Å². The molecule has 2 rings (SSSR count). The molecule has 0 aliphatic heterocycles. The number of hydrogen-bond acceptors (Lipinski definition) is 2. The van der Waals surface area contributed by atoms with Crippen molar-refractivity contribution < 1.29 is 0 Å². The second kappa shape index (κ2) is 6.03. The molecule has 0 fully saturated rings. The Bertz CT molecular complexity index is 573. The number of anilines is 1. The molecule has 1 N–H and O–H groups in total. The van der Waals surface area contributed by atoms with Crippen molar-refractivity contribution in [2.24, 2.45) is 0 Å². The maximum atomic E-state index is 9.26. The summed E-state index contributed by atoms with van der Waals surface area (Å²) in [6, 6.07) is 17.4. The fourth-order valence-electron chi connectivity index (χ4n) is 1.58. The van der Waals surface area contributed by atoms with Gasteiger partial charge in [-0.25, -0.2) is 0 Å². The second-order valence-corrected chi connectivity index (χ2v) is 5.51. The van der Waals surface area contributed by atoms with E-state index in [0.717, 1.165) is 20.2 Å². The number of halogens is 2. The van der Waals surface area contributed by atoms with Gasteiger partial charge in [0.05, 0.1) is 6.07 Å². The Kier molecular flexibility index (Phi) is 4.40. The van der Waals surface area contributed by atoms with Crippen LogP contribution in [0.25, 0.3) is 0 Å². The molecule has 2 aromatic carbocycles. The van der Waals surface area contributed by atoms with Crippen LogP contribution in [0, 0.1) is 11.3 Å². The molecule has 1 atom stereocenters. The van der Waals surface area contributed by atoms with Gasteiger partial charge in [0, 0.05) is 14.6 Å². The van der Waals surface area contributed by atoms with Crippen molar-refractivity contribution in [3.05, 3.63) is 63.0 Å². The Morgan fingerprint density at radius 3 is 2.28 bits per heavy atom. The quantitative estimate of drug-likeness (QED) is 0.840. The summed E-state index contributed by atoms with van der Waals surface area (Å²) in [5, 5.41) is 12.5. The van der Waals surface area contributed by atoms with Gasteiger partial charge in [0.1, 0.15) is 6.04 Å². The molecule has 1 unspecified atom stereocenters. The van der Waals surface area contributed by atoms with Gasteiger partial charge in [-0.2, -0.15) is 5.26 Å². The minimum Gasteiger partial charge on any atom is -0.365 e. The summed E-state index contributed by atoms with van der Waals surface area (Å²) in [6.07, 6.45) is 0. The van der Waals surface area contributed by atoms with Gasteiger partial charge in [-0.05, 0) is 45.8 Å². The third-order valence-electron chi connectivity index (χ3n) is 2.51. The van der Waals surface area contributed by atoms with Gasteiger partial charge in [-0.15, -0.1) is 0 Å². The standard InChI is InChI=1S/C14H10Br2N2/c15-11-7-5-10(6-8-11)14(9-17)18-13-4-2-1-3-12(13)16/h1-8,14,18H. The average Bonchev–Trinajstić information content (AvgIpc) is 2.39. The first-order valence-electron chi connectivity index (χ1n) is 5.37. The Hall–Kier alpha value is -1.31. The molecular weight excluding hydrogens is 356 g/mol. The van der Waals surface area contributed by atoms with E-state index in [1.54, 1.807) is 0 Å². The van der Waals surface area contributed by atoms with Crippen LogP contribution in [-0.4, -0.2) is 0 Å². The van der Waals surface area contributed by atoms with Crippen LogP contribution in [0.15, 0.2) is 57.5 Å². The van der Waals surface area contributed by atoms with E-state index in [1.165, 1.54) is 0 Å². The van der Waals surface area contributed by atoms with Crippen molar-refractivity contribution in [1.29, 1.82) is 5.26 Å². The molecule has 0 radical (unpaired) electrons. The van der Waals surface area contributed by atoms with Crippen LogP contribution in [0.1, 0.15) is 11.6 Å². The minimum atomic E-state index is -0.364. The molecule has 90 valence electrons. The van der Waals surface area contributed by atoms with E-state index >= 15 is 0 Å². The fourth-order valence-corrected chi connectivity index (χ4v) is 2.24. The Morgan fingerprint density at radius 1 is 1.00 bits per heavy atom. The summed E-state index contributed by atoms with van der Waals surface area (Å²) in [5.41, 5.74) is 1.85. The molecule has 0 heterocycles. The van der Waals surface area contributed by atoms with E-state index in [9.17, 15) is 5.26 Å². The monoisotopic (exact) mass is 364 g/mol. The van der Waals surface area contributed by atoms with Gasteiger partial charge in [0.15, 0.2) is 0 Å². The predicted octanol–water partition coefficient (Wildman–Crippen LogP) is 4.89. The lowest BCUT2D eigenvalue weighted by Gasteiger charge is -2.14. The van der Waals surface area contributed by atoms with Gasteiger partial charge in [-0.1, -0.05) is 40.2 Å². The molecule has 0 amide bonds. The molecule has 0 aromatic heterocycles. The molecular formula is C14H10Br2N2. The SMILES string of the molecule is N#CC(Nc1ccccc1Br)c1ccc(Br)cc1. The van der Waals surface area contributed by atoms with Crippen molar-refractivity contribution in [3.63, 3.8) is 0 Å². The van der Waals surface area contributed by atoms with Crippen molar-refractivity contribution >= 4 is 37.5 Å². The van der Waals surface area contributed by atoms with E-state index in [0.29, 0.717) is 0 Å². The summed E-state index contributed by atoms with van der Waals surface area (Å²) < 4.78 is 1.95. The first-order valence-corrected chi connectivity index (χ1v) is 6.95. The zero-order chi connectivity index (χ0) is 13.0. The molecule has 2 nitrogen and oxygen atoms in total. The van der Waals surface area contributed by atoms with Crippen LogP contribution in [0.2, 0.25) is 0 Å². The van der Waals surface area contributed by atoms with Gasteiger partial charge < -0.3 is 5.32 Å². The lowest BCUT2D eigenvalue weighted by atomic mass is 10.1. The first kappa shape index (κ1) is 13.1. The smallest absolute Gasteiger partial charge is 0.140 e. The summed E-state index contributed by atoms with van der Waals surface area (Å²) in [5.74, 6) is 0. The fraction of sp³-hybridized carbons (Fsp3) is 0.0714. The molecule has 2 aromatic rings. The number of nitriles is 1. The van der Waals surface area contributed by atoms with E-state index in [4.69, 9.17) is 0 Å². The van der Waals surface area contributed by atoms with Crippen LogP contribution in [0.5, 0.6) is 0 Å². The Balaban J connectivity index is 2.23. The van der Waals surface area contributed by atoms with Crippen LogP contribution >= 0.6 is 31.9 Å². The molecule has 4 heteroatoms. The molecule has 0 saturated carbocycles. The Labute approximate surface area is 123 Å².